The van der Waals surface area contributed by atoms with Crippen molar-refractivity contribution in [2.24, 2.45) is 9.98 Å². The largest absolute Gasteiger partial charge is 0.344 e. The molecule has 5 nitrogen and oxygen atoms in total. The molecular formula is C48H35N5. The molecule has 0 saturated heterocycles. The number of amidine groups is 2. The lowest BCUT2D eigenvalue weighted by Gasteiger charge is -2.25. The quantitative estimate of drug-likeness (QED) is 0.184. The molecular weight excluding hydrogens is 647 g/mol. The molecule has 53 heavy (non-hydrogen) atoms. The summed E-state index contributed by atoms with van der Waals surface area (Å²) in [6.07, 6.45) is 3.39. The first-order valence-corrected chi connectivity index (χ1v) is 18.1. The molecule has 1 unspecified atom stereocenters. The fraction of sp³-hybridized carbons (Fsp3) is 0.0833. The van der Waals surface area contributed by atoms with Gasteiger partial charge < -0.3 is 5.32 Å². The molecule has 2 aliphatic rings. The highest BCUT2D eigenvalue weighted by Gasteiger charge is 2.35. The molecule has 0 amide bonds. The molecule has 252 valence electrons. The van der Waals surface area contributed by atoms with Gasteiger partial charge in [-0.25, -0.2) is 15.0 Å². The Labute approximate surface area is 308 Å². The van der Waals surface area contributed by atoms with E-state index in [1.807, 2.05) is 54.9 Å². The van der Waals surface area contributed by atoms with E-state index in [-0.39, 0.29) is 5.41 Å². The average molecular weight is 682 g/mol. The summed E-state index contributed by atoms with van der Waals surface area (Å²) < 4.78 is 0. The van der Waals surface area contributed by atoms with Gasteiger partial charge in [-0.2, -0.15) is 0 Å². The topological polar surface area (TPSA) is 62.5 Å². The lowest BCUT2D eigenvalue weighted by atomic mass is 9.82. The molecule has 1 aliphatic carbocycles. The number of aromatic nitrogens is 2. The first-order valence-electron chi connectivity index (χ1n) is 18.1. The van der Waals surface area contributed by atoms with E-state index in [2.05, 4.69) is 133 Å². The van der Waals surface area contributed by atoms with E-state index < -0.39 is 6.17 Å². The van der Waals surface area contributed by atoms with Gasteiger partial charge in [0.05, 0.1) is 11.2 Å². The molecule has 1 atom stereocenters. The predicted molar refractivity (Wildman–Crippen MR) is 217 cm³/mol. The first-order chi connectivity index (χ1) is 26.0. The Bertz CT molecular complexity index is 2780. The van der Waals surface area contributed by atoms with Gasteiger partial charge in [0.15, 0.2) is 5.84 Å². The van der Waals surface area contributed by atoms with Crippen LogP contribution in [0.25, 0.3) is 55.2 Å². The zero-order valence-corrected chi connectivity index (χ0v) is 29.5. The summed E-state index contributed by atoms with van der Waals surface area (Å²) in [5.74, 6) is 1.47. The first kappa shape index (κ1) is 31.1. The Kier molecular flexibility index (Phi) is 7.15. The van der Waals surface area contributed by atoms with Gasteiger partial charge in [0.2, 0.25) is 0 Å². The molecule has 2 aromatic heterocycles. The number of rotatable bonds is 5. The zero-order chi connectivity index (χ0) is 35.5. The molecule has 10 rings (SSSR count). The van der Waals surface area contributed by atoms with Crippen molar-refractivity contribution in [3.05, 3.63) is 192 Å². The minimum atomic E-state index is -0.407. The highest BCUT2D eigenvalue weighted by atomic mass is 15.2. The standard InChI is InChI=1S/C48H35N5/c1-48(2)41-19-11-9-17-37(41)39-28-32(21-22-42(39)48)33-25-34(44-40-29-49-24-23-36(40)38-18-10-12-20-43(38)50-44)27-35(26-33)47-52-45(30-13-5-3-6-14-30)51-46(53-47)31-15-7-4-8-16-31/h3-29,47H,1-2H3,(H,51,52,53). The van der Waals surface area contributed by atoms with Crippen LogP contribution in [0.1, 0.15) is 47.8 Å². The van der Waals surface area contributed by atoms with Crippen molar-refractivity contribution in [3.8, 4) is 33.5 Å². The zero-order valence-electron chi connectivity index (χ0n) is 29.5. The van der Waals surface area contributed by atoms with Gasteiger partial charge in [-0.1, -0.05) is 129 Å². The summed E-state index contributed by atoms with van der Waals surface area (Å²) in [5, 5.41) is 6.95. The maximum atomic E-state index is 5.31. The van der Waals surface area contributed by atoms with Crippen LogP contribution >= 0.6 is 0 Å². The second-order valence-corrected chi connectivity index (χ2v) is 14.4. The maximum Gasteiger partial charge on any atom is 0.159 e. The van der Waals surface area contributed by atoms with Gasteiger partial charge in [-0.15, -0.1) is 0 Å². The number of aliphatic imine (C=N–C) groups is 2. The van der Waals surface area contributed by atoms with Gasteiger partial charge >= 0.3 is 0 Å². The minimum absolute atomic E-state index is 0.0693. The molecule has 0 saturated carbocycles. The molecule has 8 aromatic rings. The van der Waals surface area contributed by atoms with Gasteiger partial charge in [-0.05, 0) is 80.7 Å². The molecule has 3 heterocycles. The van der Waals surface area contributed by atoms with Crippen LogP contribution in [0.5, 0.6) is 0 Å². The summed E-state index contributed by atoms with van der Waals surface area (Å²) in [7, 11) is 0. The third-order valence-corrected chi connectivity index (χ3v) is 10.8. The average Bonchev–Trinajstić information content (AvgIpc) is 3.46. The van der Waals surface area contributed by atoms with Crippen LogP contribution < -0.4 is 5.32 Å². The number of pyridine rings is 2. The van der Waals surface area contributed by atoms with Gasteiger partial charge in [-0.3, -0.25) is 4.98 Å². The Hall–Kier alpha value is -6.72. The van der Waals surface area contributed by atoms with Crippen LogP contribution in [0.3, 0.4) is 0 Å². The fourth-order valence-electron chi connectivity index (χ4n) is 8.11. The molecule has 0 radical (unpaired) electrons. The molecule has 0 spiro atoms. The summed E-state index contributed by atoms with van der Waals surface area (Å²) in [5.41, 5.74) is 13.3. The van der Waals surface area contributed by atoms with Crippen molar-refractivity contribution in [1.82, 2.24) is 15.3 Å². The second kappa shape index (κ2) is 12.2. The van der Waals surface area contributed by atoms with Crippen molar-refractivity contribution >= 4 is 33.3 Å². The molecule has 5 heteroatoms. The van der Waals surface area contributed by atoms with Crippen molar-refractivity contribution in [2.45, 2.75) is 25.4 Å². The highest BCUT2D eigenvalue weighted by Crippen LogP contribution is 2.49. The monoisotopic (exact) mass is 681 g/mol. The molecule has 1 aliphatic heterocycles. The van der Waals surface area contributed by atoms with E-state index in [0.717, 1.165) is 66.6 Å². The number of benzene rings is 6. The van der Waals surface area contributed by atoms with Crippen molar-refractivity contribution < 1.29 is 0 Å². The van der Waals surface area contributed by atoms with E-state index in [0.29, 0.717) is 5.84 Å². The predicted octanol–water partition coefficient (Wildman–Crippen LogP) is 10.9. The van der Waals surface area contributed by atoms with Gasteiger partial charge in [0, 0.05) is 45.3 Å². The lowest BCUT2D eigenvalue weighted by molar-refractivity contribution is 0.660. The number of nitrogens with one attached hydrogen (secondary N) is 1. The summed E-state index contributed by atoms with van der Waals surface area (Å²) in [6, 6.07) is 53.5. The fourth-order valence-corrected chi connectivity index (χ4v) is 8.11. The molecule has 0 fully saturated rings. The van der Waals surface area contributed by atoms with Gasteiger partial charge in [0.25, 0.3) is 0 Å². The van der Waals surface area contributed by atoms with E-state index in [1.165, 1.54) is 22.3 Å². The van der Waals surface area contributed by atoms with Crippen LogP contribution in [0.2, 0.25) is 0 Å². The third-order valence-electron chi connectivity index (χ3n) is 10.8. The normalized spacial score (nSPS) is 15.7. The van der Waals surface area contributed by atoms with Crippen LogP contribution in [-0.2, 0) is 5.41 Å². The maximum absolute atomic E-state index is 5.31. The summed E-state index contributed by atoms with van der Waals surface area (Å²) in [4.78, 5) is 20.2. The van der Waals surface area contributed by atoms with Gasteiger partial charge in [0.1, 0.15) is 12.0 Å². The number of hydrogen-bond donors (Lipinski definition) is 1. The van der Waals surface area contributed by atoms with Crippen molar-refractivity contribution in [2.75, 3.05) is 0 Å². The molecule has 6 aromatic carbocycles. The molecule has 1 N–H and O–H groups in total. The number of nitrogens with zero attached hydrogens (tertiary/aromatic N) is 4. The number of fused-ring (bicyclic) bond motifs is 6. The van der Waals surface area contributed by atoms with Crippen LogP contribution in [-0.4, -0.2) is 21.6 Å². The lowest BCUT2D eigenvalue weighted by Crippen LogP contribution is -2.33. The van der Waals surface area contributed by atoms with E-state index in [4.69, 9.17) is 15.0 Å². The third kappa shape index (κ3) is 5.24. The number of para-hydroxylation sites is 1. The smallest absolute Gasteiger partial charge is 0.159 e. The summed E-state index contributed by atoms with van der Waals surface area (Å²) in [6.45, 7) is 4.65. The van der Waals surface area contributed by atoms with Crippen LogP contribution in [0.15, 0.2) is 174 Å². The van der Waals surface area contributed by atoms with E-state index >= 15 is 0 Å². The highest BCUT2D eigenvalue weighted by molar-refractivity contribution is 6.13. The van der Waals surface area contributed by atoms with Crippen LogP contribution in [0.4, 0.5) is 0 Å². The second-order valence-electron chi connectivity index (χ2n) is 14.4. The Morgan fingerprint density at radius 3 is 2.11 bits per heavy atom. The minimum Gasteiger partial charge on any atom is -0.344 e. The van der Waals surface area contributed by atoms with E-state index in [1.54, 1.807) is 0 Å². The number of hydrogen-bond acceptors (Lipinski definition) is 5. The summed E-state index contributed by atoms with van der Waals surface area (Å²) >= 11 is 0. The Balaban J connectivity index is 1.20. The van der Waals surface area contributed by atoms with E-state index in [9.17, 15) is 0 Å². The van der Waals surface area contributed by atoms with Crippen molar-refractivity contribution in [3.63, 3.8) is 0 Å². The Morgan fingerprint density at radius 1 is 0.547 bits per heavy atom. The van der Waals surface area contributed by atoms with Crippen molar-refractivity contribution in [1.29, 1.82) is 0 Å². The van der Waals surface area contributed by atoms with Crippen LogP contribution in [0, 0.1) is 0 Å². The Morgan fingerprint density at radius 2 is 1.26 bits per heavy atom. The molecule has 0 bridgehead atoms. The SMILES string of the molecule is CC1(C)c2ccccc2-c2cc(-c3cc(-c4nc5ccccc5c5ccncc45)cc(C4N=C(c5ccccc5)N=C(c5ccccc5)N4)c3)ccc21.